The molecule has 6 aromatic carbocycles. The molecule has 0 saturated carbocycles. The Balaban J connectivity index is 1.24. The number of para-hydroxylation sites is 3. The van der Waals surface area contributed by atoms with Crippen LogP contribution in [-0.4, -0.2) is 9.13 Å². The van der Waals surface area contributed by atoms with Gasteiger partial charge in [0, 0.05) is 38.3 Å². The molecule has 2 heteroatoms. The SMILES string of the molecule is CC1(c2ccccc2)CC=CC=C1n1c2ccccc2c2cc(-c3ccc4c(c3)c3ccccc3n4-c3ccccc3)ccc21. The smallest absolute Gasteiger partial charge is 0.0541 e. The third kappa shape index (κ3) is 3.89. The van der Waals surface area contributed by atoms with Crippen LogP contribution in [0.3, 0.4) is 0 Å². The molecule has 0 bridgehead atoms. The largest absolute Gasteiger partial charge is 0.312 e. The number of nitrogens with zero attached hydrogens (tertiary/aromatic N) is 2. The first-order valence-corrected chi connectivity index (χ1v) is 15.8. The van der Waals surface area contributed by atoms with E-state index < -0.39 is 0 Å². The Morgan fingerprint density at radius 1 is 0.489 bits per heavy atom. The van der Waals surface area contributed by atoms with Crippen molar-refractivity contribution in [3.63, 3.8) is 0 Å². The van der Waals surface area contributed by atoms with Crippen LogP contribution in [0.5, 0.6) is 0 Å². The van der Waals surface area contributed by atoms with Crippen LogP contribution in [0.1, 0.15) is 18.9 Å². The molecule has 0 radical (unpaired) electrons. The summed E-state index contributed by atoms with van der Waals surface area (Å²) in [5, 5.41) is 5.10. The lowest BCUT2D eigenvalue weighted by molar-refractivity contribution is 0.597. The van der Waals surface area contributed by atoms with Gasteiger partial charge in [-0.15, -0.1) is 0 Å². The summed E-state index contributed by atoms with van der Waals surface area (Å²) in [6.45, 7) is 2.38. The molecule has 45 heavy (non-hydrogen) atoms. The molecule has 2 heterocycles. The number of allylic oxidation sites excluding steroid dienone is 4. The van der Waals surface area contributed by atoms with Crippen LogP contribution in [-0.2, 0) is 5.41 Å². The summed E-state index contributed by atoms with van der Waals surface area (Å²) < 4.78 is 4.88. The van der Waals surface area contributed by atoms with E-state index >= 15 is 0 Å². The Labute approximate surface area is 262 Å². The van der Waals surface area contributed by atoms with Crippen LogP contribution < -0.4 is 0 Å². The Kier molecular flexibility index (Phi) is 5.73. The van der Waals surface area contributed by atoms with E-state index in [0.717, 1.165) is 6.42 Å². The van der Waals surface area contributed by atoms with Gasteiger partial charge >= 0.3 is 0 Å². The molecule has 1 aliphatic carbocycles. The average Bonchev–Trinajstić information content (AvgIpc) is 3.61. The highest BCUT2D eigenvalue weighted by atomic mass is 15.0. The van der Waals surface area contributed by atoms with Gasteiger partial charge in [-0.05, 0) is 84.6 Å². The maximum atomic E-state index is 2.50. The maximum absolute atomic E-state index is 2.50. The third-order valence-corrected chi connectivity index (χ3v) is 9.83. The minimum absolute atomic E-state index is 0.137. The van der Waals surface area contributed by atoms with Gasteiger partial charge in [0.15, 0.2) is 0 Å². The molecule has 0 amide bonds. The quantitative estimate of drug-likeness (QED) is 0.197. The molecule has 8 aromatic rings. The van der Waals surface area contributed by atoms with Gasteiger partial charge in [-0.25, -0.2) is 0 Å². The molecule has 214 valence electrons. The summed E-state index contributed by atoms with van der Waals surface area (Å²) >= 11 is 0. The average molecular weight is 577 g/mol. The van der Waals surface area contributed by atoms with E-state index in [2.05, 4.69) is 180 Å². The number of hydrogen-bond acceptors (Lipinski definition) is 0. The lowest BCUT2D eigenvalue weighted by Gasteiger charge is -2.35. The van der Waals surface area contributed by atoms with Crippen molar-refractivity contribution in [2.45, 2.75) is 18.8 Å². The zero-order chi connectivity index (χ0) is 30.0. The fourth-order valence-corrected chi connectivity index (χ4v) is 7.56. The van der Waals surface area contributed by atoms with Crippen molar-refractivity contribution < 1.29 is 0 Å². The van der Waals surface area contributed by atoms with Gasteiger partial charge in [0.2, 0.25) is 0 Å². The number of fused-ring (bicyclic) bond motifs is 6. The second kappa shape index (κ2) is 9.97. The molecule has 0 N–H and O–H groups in total. The van der Waals surface area contributed by atoms with Crippen LogP contribution in [0, 0.1) is 0 Å². The van der Waals surface area contributed by atoms with Gasteiger partial charge in [0.05, 0.1) is 22.1 Å². The summed E-state index contributed by atoms with van der Waals surface area (Å²) in [6.07, 6.45) is 7.79. The van der Waals surface area contributed by atoms with Crippen LogP contribution in [0.15, 0.2) is 164 Å². The maximum Gasteiger partial charge on any atom is 0.0541 e. The molecule has 1 unspecified atom stereocenters. The van der Waals surface area contributed by atoms with Crippen molar-refractivity contribution in [1.82, 2.24) is 9.13 Å². The van der Waals surface area contributed by atoms with Crippen molar-refractivity contribution in [2.24, 2.45) is 0 Å². The van der Waals surface area contributed by atoms with E-state index in [0.29, 0.717) is 0 Å². The molecule has 0 saturated heterocycles. The Morgan fingerprint density at radius 2 is 1.00 bits per heavy atom. The molecular formula is C43H32N2. The minimum Gasteiger partial charge on any atom is -0.312 e. The summed E-state index contributed by atoms with van der Waals surface area (Å²) in [5.74, 6) is 0. The summed E-state index contributed by atoms with van der Waals surface area (Å²) in [5.41, 5.74) is 11.1. The summed E-state index contributed by atoms with van der Waals surface area (Å²) in [4.78, 5) is 0. The molecule has 9 rings (SSSR count). The molecule has 2 aromatic heterocycles. The van der Waals surface area contributed by atoms with E-state index in [1.807, 2.05) is 0 Å². The van der Waals surface area contributed by atoms with Crippen molar-refractivity contribution >= 4 is 49.3 Å². The molecule has 0 fully saturated rings. The first kappa shape index (κ1) is 25.9. The van der Waals surface area contributed by atoms with E-state index in [1.165, 1.54) is 71.7 Å². The van der Waals surface area contributed by atoms with Gasteiger partial charge in [0.1, 0.15) is 0 Å². The van der Waals surface area contributed by atoms with Gasteiger partial charge in [-0.2, -0.15) is 0 Å². The normalized spacial score (nSPS) is 16.6. The third-order valence-electron chi connectivity index (χ3n) is 9.83. The molecule has 0 aliphatic heterocycles. The summed E-state index contributed by atoms with van der Waals surface area (Å²) in [6, 6.07) is 53.2. The fraction of sp³-hybridized carbons (Fsp3) is 0.0698. The van der Waals surface area contributed by atoms with Crippen molar-refractivity contribution in [2.75, 3.05) is 0 Å². The van der Waals surface area contributed by atoms with Crippen LogP contribution in [0.25, 0.3) is 66.1 Å². The second-order valence-corrected chi connectivity index (χ2v) is 12.4. The standard InChI is InChI=1S/C43H32N2/c1-43(32-14-4-2-5-15-32)27-13-12-22-42(43)45-39-21-11-9-19-35(39)37-29-31(24-26-41(37)45)30-23-25-40-36(28-30)34-18-8-10-20-38(34)44(40)33-16-6-3-7-17-33/h2-26,28-29H,27H2,1H3. The zero-order valence-corrected chi connectivity index (χ0v) is 25.2. The first-order chi connectivity index (χ1) is 22.2. The van der Waals surface area contributed by atoms with Gasteiger partial charge in [-0.1, -0.05) is 109 Å². The number of aromatic nitrogens is 2. The Morgan fingerprint density at radius 3 is 1.64 bits per heavy atom. The zero-order valence-electron chi connectivity index (χ0n) is 25.2. The molecular weight excluding hydrogens is 544 g/mol. The highest BCUT2D eigenvalue weighted by Crippen LogP contribution is 2.45. The molecule has 0 spiro atoms. The van der Waals surface area contributed by atoms with Crippen LogP contribution >= 0.6 is 0 Å². The lowest BCUT2D eigenvalue weighted by atomic mass is 9.74. The second-order valence-electron chi connectivity index (χ2n) is 12.4. The molecule has 2 nitrogen and oxygen atoms in total. The fourth-order valence-electron chi connectivity index (χ4n) is 7.56. The van der Waals surface area contributed by atoms with E-state index in [1.54, 1.807) is 0 Å². The van der Waals surface area contributed by atoms with Gasteiger partial charge in [-0.3, -0.25) is 0 Å². The predicted molar refractivity (Wildman–Crippen MR) is 191 cm³/mol. The summed E-state index contributed by atoms with van der Waals surface area (Å²) in [7, 11) is 0. The van der Waals surface area contributed by atoms with Crippen molar-refractivity contribution in [3.05, 3.63) is 169 Å². The molecule has 1 atom stereocenters. The monoisotopic (exact) mass is 576 g/mol. The predicted octanol–water partition coefficient (Wildman–Crippen LogP) is 11.3. The lowest BCUT2D eigenvalue weighted by Crippen LogP contribution is -2.27. The van der Waals surface area contributed by atoms with E-state index in [-0.39, 0.29) is 5.41 Å². The van der Waals surface area contributed by atoms with Crippen LogP contribution in [0.2, 0.25) is 0 Å². The topological polar surface area (TPSA) is 9.86 Å². The first-order valence-electron chi connectivity index (χ1n) is 15.8. The van der Waals surface area contributed by atoms with E-state index in [4.69, 9.17) is 0 Å². The van der Waals surface area contributed by atoms with Crippen LogP contribution in [0.4, 0.5) is 0 Å². The Hall–Kier alpha value is -5.60. The highest BCUT2D eigenvalue weighted by Gasteiger charge is 2.34. The van der Waals surface area contributed by atoms with E-state index in [9.17, 15) is 0 Å². The number of benzene rings is 6. The van der Waals surface area contributed by atoms with Crippen molar-refractivity contribution in [3.8, 4) is 16.8 Å². The van der Waals surface area contributed by atoms with Crippen molar-refractivity contribution in [1.29, 1.82) is 0 Å². The minimum atomic E-state index is -0.137. The number of hydrogen-bond donors (Lipinski definition) is 0. The Bertz CT molecular complexity index is 2460. The highest BCUT2D eigenvalue weighted by molar-refractivity contribution is 6.13. The molecule has 1 aliphatic rings. The number of rotatable bonds is 4. The van der Waals surface area contributed by atoms with Gasteiger partial charge < -0.3 is 9.13 Å². The van der Waals surface area contributed by atoms with Gasteiger partial charge in [0.25, 0.3) is 0 Å².